The SMILES string of the molecule is COC1CN(N)CCO1. The van der Waals surface area contributed by atoms with Crippen LogP contribution in [0.4, 0.5) is 0 Å². The molecule has 0 saturated carbocycles. The third-order valence-electron chi connectivity index (χ3n) is 1.33. The highest BCUT2D eigenvalue weighted by atomic mass is 16.7. The summed E-state index contributed by atoms with van der Waals surface area (Å²) in [6, 6.07) is 0. The second kappa shape index (κ2) is 3.12. The molecular weight excluding hydrogens is 120 g/mol. The van der Waals surface area contributed by atoms with E-state index < -0.39 is 0 Å². The fourth-order valence-electron chi connectivity index (χ4n) is 0.779. The molecule has 1 rings (SSSR count). The van der Waals surface area contributed by atoms with Crippen LogP contribution < -0.4 is 5.84 Å². The van der Waals surface area contributed by atoms with Gasteiger partial charge in [-0.25, -0.2) is 5.01 Å². The van der Waals surface area contributed by atoms with Gasteiger partial charge >= 0.3 is 0 Å². The van der Waals surface area contributed by atoms with E-state index in [-0.39, 0.29) is 6.29 Å². The lowest BCUT2D eigenvalue weighted by molar-refractivity contribution is -0.165. The molecule has 2 N–H and O–H groups in total. The molecule has 1 unspecified atom stereocenters. The van der Waals surface area contributed by atoms with Crippen molar-refractivity contribution < 1.29 is 9.47 Å². The maximum Gasteiger partial charge on any atom is 0.171 e. The summed E-state index contributed by atoms with van der Waals surface area (Å²) in [6.45, 7) is 2.12. The molecule has 0 spiro atoms. The molecule has 1 aliphatic rings. The molecule has 0 radical (unpaired) electrons. The third-order valence-corrected chi connectivity index (χ3v) is 1.33. The normalized spacial score (nSPS) is 30.7. The topological polar surface area (TPSA) is 47.7 Å². The van der Waals surface area contributed by atoms with Crippen LogP contribution in [-0.4, -0.2) is 38.1 Å². The Balaban J connectivity index is 2.23. The van der Waals surface area contributed by atoms with E-state index in [0.29, 0.717) is 13.2 Å². The predicted octanol–water partition coefficient (Wildman–Crippen LogP) is -0.835. The Morgan fingerprint density at radius 1 is 1.78 bits per heavy atom. The Bertz CT molecular complexity index is 89.0. The van der Waals surface area contributed by atoms with E-state index in [2.05, 4.69) is 0 Å². The Morgan fingerprint density at radius 2 is 2.56 bits per heavy atom. The summed E-state index contributed by atoms with van der Waals surface area (Å²) in [5.41, 5.74) is 0. The molecule has 1 fully saturated rings. The summed E-state index contributed by atoms with van der Waals surface area (Å²) in [4.78, 5) is 0. The van der Waals surface area contributed by atoms with Crippen LogP contribution in [0.5, 0.6) is 0 Å². The number of rotatable bonds is 1. The van der Waals surface area contributed by atoms with Crippen molar-refractivity contribution in [3.63, 3.8) is 0 Å². The van der Waals surface area contributed by atoms with E-state index in [1.807, 2.05) is 0 Å². The number of nitrogens with two attached hydrogens (primary N) is 1. The maximum absolute atomic E-state index is 5.47. The first-order valence-corrected chi connectivity index (χ1v) is 2.97. The maximum atomic E-state index is 5.47. The highest BCUT2D eigenvalue weighted by Gasteiger charge is 2.16. The average Bonchev–Trinajstić information content (AvgIpc) is 1.88. The van der Waals surface area contributed by atoms with Gasteiger partial charge in [0.25, 0.3) is 0 Å². The first-order chi connectivity index (χ1) is 4.33. The fourth-order valence-corrected chi connectivity index (χ4v) is 0.779. The molecule has 0 aromatic rings. The van der Waals surface area contributed by atoms with Gasteiger partial charge in [0, 0.05) is 13.7 Å². The van der Waals surface area contributed by atoms with Gasteiger partial charge in [-0.05, 0) is 0 Å². The molecule has 9 heavy (non-hydrogen) atoms. The molecule has 1 aliphatic heterocycles. The zero-order valence-corrected chi connectivity index (χ0v) is 5.54. The largest absolute Gasteiger partial charge is 0.354 e. The number of methoxy groups -OCH3 is 1. The van der Waals surface area contributed by atoms with Crippen LogP contribution in [0, 0.1) is 0 Å². The van der Waals surface area contributed by atoms with Gasteiger partial charge in [-0.3, -0.25) is 5.84 Å². The van der Waals surface area contributed by atoms with Crippen LogP contribution in [-0.2, 0) is 9.47 Å². The average molecular weight is 132 g/mol. The quantitative estimate of drug-likeness (QED) is 0.473. The number of hydrogen-bond acceptors (Lipinski definition) is 4. The standard InChI is InChI=1S/C5H12N2O2/c1-8-5-4-7(6)2-3-9-5/h5H,2-4,6H2,1H3. The van der Waals surface area contributed by atoms with E-state index >= 15 is 0 Å². The van der Waals surface area contributed by atoms with E-state index in [1.165, 1.54) is 0 Å². The summed E-state index contributed by atoms with van der Waals surface area (Å²) in [5, 5.41) is 1.69. The monoisotopic (exact) mass is 132 g/mol. The van der Waals surface area contributed by atoms with Gasteiger partial charge < -0.3 is 9.47 Å². The lowest BCUT2D eigenvalue weighted by Crippen LogP contribution is -2.46. The smallest absolute Gasteiger partial charge is 0.171 e. The minimum absolute atomic E-state index is 0.135. The molecule has 0 aliphatic carbocycles. The van der Waals surface area contributed by atoms with E-state index in [9.17, 15) is 0 Å². The zero-order chi connectivity index (χ0) is 6.69. The van der Waals surface area contributed by atoms with E-state index in [0.717, 1.165) is 6.54 Å². The van der Waals surface area contributed by atoms with Crippen LogP contribution in [0.1, 0.15) is 0 Å². The fraction of sp³-hybridized carbons (Fsp3) is 1.00. The summed E-state index contributed by atoms with van der Waals surface area (Å²) < 4.78 is 10.1. The Morgan fingerprint density at radius 3 is 3.00 bits per heavy atom. The number of morpholine rings is 1. The summed E-state index contributed by atoms with van der Waals surface area (Å²) in [6.07, 6.45) is -0.135. The Labute approximate surface area is 54.5 Å². The van der Waals surface area contributed by atoms with Crippen molar-refractivity contribution in [1.29, 1.82) is 0 Å². The highest BCUT2D eigenvalue weighted by Crippen LogP contribution is 2.00. The molecule has 1 heterocycles. The second-order valence-corrected chi connectivity index (χ2v) is 2.03. The van der Waals surface area contributed by atoms with Gasteiger partial charge in [-0.2, -0.15) is 0 Å². The molecule has 1 saturated heterocycles. The molecule has 0 bridgehead atoms. The van der Waals surface area contributed by atoms with Crippen LogP contribution in [0.25, 0.3) is 0 Å². The summed E-state index contributed by atoms with van der Waals surface area (Å²) >= 11 is 0. The van der Waals surface area contributed by atoms with Crippen molar-refractivity contribution >= 4 is 0 Å². The van der Waals surface area contributed by atoms with E-state index in [4.69, 9.17) is 15.3 Å². The number of nitrogens with zero attached hydrogens (tertiary/aromatic N) is 1. The minimum Gasteiger partial charge on any atom is -0.354 e. The molecule has 1 atom stereocenters. The Kier molecular flexibility index (Phi) is 2.41. The van der Waals surface area contributed by atoms with Crippen LogP contribution in [0.15, 0.2) is 0 Å². The number of ether oxygens (including phenoxy) is 2. The van der Waals surface area contributed by atoms with Gasteiger partial charge in [-0.15, -0.1) is 0 Å². The van der Waals surface area contributed by atoms with Gasteiger partial charge in [0.05, 0.1) is 13.2 Å². The number of hydrazine groups is 1. The van der Waals surface area contributed by atoms with Crippen molar-refractivity contribution in [2.75, 3.05) is 26.8 Å². The molecule has 4 heteroatoms. The Hall–Kier alpha value is -0.160. The molecule has 54 valence electrons. The van der Waals surface area contributed by atoms with Gasteiger partial charge in [0.15, 0.2) is 6.29 Å². The van der Waals surface area contributed by atoms with Gasteiger partial charge in [0.1, 0.15) is 0 Å². The first kappa shape index (κ1) is 6.95. The molecule has 0 aromatic carbocycles. The highest BCUT2D eigenvalue weighted by molar-refractivity contribution is 4.57. The molecular formula is C5H12N2O2. The zero-order valence-electron chi connectivity index (χ0n) is 5.54. The summed E-state index contributed by atoms with van der Waals surface area (Å²) in [5.74, 6) is 5.47. The van der Waals surface area contributed by atoms with Crippen LogP contribution in [0.2, 0.25) is 0 Å². The van der Waals surface area contributed by atoms with Crippen LogP contribution in [0.3, 0.4) is 0 Å². The van der Waals surface area contributed by atoms with Crippen molar-refractivity contribution in [3.05, 3.63) is 0 Å². The lowest BCUT2D eigenvalue weighted by atomic mass is 10.5. The van der Waals surface area contributed by atoms with E-state index in [1.54, 1.807) is 12.1 Å². The third kappa shape index (κ3) is 1.91. The number of hydrogen-bond donors (Lipinski definition) is 1. The second-order valence-electron chi connectivity index (χ2n) is 2.03. The summed E-state index contributed by atoms with van der Waals surface area (Å²) in [7, 11) is 1.61. The lowest BCUT2D eigenvalue weighted by Gasteiger charge is -2.28. The van der Waals surface area contributed by atoms with Crippen molar-refractivity contribution in [3.8, 4) is 0 Å². The first-order valence-electron chi connectivity index (χ1n) is 2.97. The molecule has 0 aromatic heterocycles. The van der Waals surface area contributed by atoms with Crippen molar-refractivity contribution in [2.24, 2.45) is 5.84 Å². The van der Waals surface area contributed by atoms with Gasteiger partial charge in [-0.1, -0.05) is 0 Å². The minimum atomic E-state index is -0.135. The van der Waals surface area contributed by atoms with Crippen molar-refractivity contribution in [1.82, 2.24) is 5.01 Å². The molecule has 0 amide bonds. The molecule has 4 nitrogen and oxygen atoms in total. The van der Waals surface area contributed by atoms with Crippen LogP contribution >= 0.6 is 0 Å². The predicted molar refractivity (Wildman–Crippen MR) is 32.5 cm³/mol. The van der Waals surface area contributed by atoms with Gasteiger partial charge in [0.2, 0.25) is 0 Å². The van der Waals surface area contributed by atoms with Crippen molar-refractivity contribution in [2.45, 2.75) is 6.29 Å².